The molecule has 0 aliphatic carbocycles. The fraction of sp³-hybridized carbons (Fsp3) is 0.364. The van der Waals surface area contributed by atoms with Crippen LogP contribution >= 0.6 is 24.2 Å². The molecule has 0 spiro atoms. The summed E-state index contributed by atoms with van der Waals surface area (Å²) in [6.07, 6.45) is 0. The molecular formula is C11H13ClN2S. The molecule has 80 valence electrons. The number of hydrogen-bond acceptors (Lipinski definition) is 3. The maximum Gasteiger partial charge on any atom is 0.160 e. The number of amidine groups is 1. The summed E-state index contributed by atoms with van der Waals surface area (Å²) in [4.78, 5) is 6.87. The van der Waals surface area contributed by atoms with Crippen LogP contribution in [0.5, 0.6) is 0 Å². The second-order valence-electron chi connectivity index (χ2n) is 3.63. The molecule has 2 nitrogen and oxygen atoms in total. The first kappa shape index (κ1) is 10.8. The van der Waals surface area contributed by atoms with Gasteiger partial charge in [-0.3, -0.25) is 4.99 Å². The summed E-state index contributed by atoms with van der Waals surface area (Å²) in [5, 5.41) is 1.84. The Morgan fingerprint density at radius 2 is 2.07 bits per heavy atom. The van der Waals surface area contributed by atoms with Crippen molar-refractivity contribution in [1.29, 1.82) is 0 Å². The van der Waals surface area contributed by atoms with Crippen molar-refractivity contribution in [2.75, 3.05) is 19.6 Å². The van der Waals surface area contributed by atoms with E-state index >= 15 is 0 Å². The Morgan fingerprint density at radius 1 is 1.27 bits per heavy atom. The highest BCUT2D eigenvalue weighted by atomic mass is 35.5. The Kier molecular flexibility index (Phi) is 3.22. The Balaban J connectivity index is 0.000000853. The molecule has 1 fully saturated rings. The van der Waals surface area contributed by atoms with Gasteiger partial charge in [0.15, 0.2) is 5.17 Å². The number of hydrogen-bond donors (Lipinski definition) is 0. The van der Waals surface area contributed by atoms with Crippen LogP contribution < -0.4 is 0 Å². The normalized spacial score (nSPS) is 23.3. The highest BCUT2D eigenvalue weighted by Gasteiger charge is 2.31. The summed E-state index contributed by atoms with van der Waals surface area (Å²) in [7, 11) is 0. The van der Waals surface area contributed by atoms with E-state index in [4.69, 9.17) is 0 Å². The van der Waals surface area contributed by atoms with Crippen LogP contribution in [0.15, 0.2) is 35.3 Å². The molecule has 4 heteroatoms. The predicted octanol–water partition coefficient (Wildman–Crippen LogP) is 2.57. The molecule has 1 aromatic carbocycles. The minimum Gasteiger partial charge on any atom is -0.348 e. The van der Waals surface area contributed by atoms with Gasteiger partial charge < -0.3 is 4.90 Å². The van der Waals surface area contributed by atoms with Crippen LogP contribution in [-0.4, -0.2) is 29.7 Å². The third-order valence-corrected chi connectivity index (χ3v) is 4.00. The SMILES string of the molecule is Cl.c1ccc([C@H]2CN3CCN=C3S2)cc1. The van der Waals surface area contributed by atoms with Gasteiger partial charge in [0.25, 0.3) is 0 Å². The van der Waals surface area contributed by atoms with Gasteiger partial charge in [-0.1, -0.05) is 42.1 Å². The van der Waals surface area contributed by atoms with E-state index in [1.54, 1.807) is 0 Å². The van der Waals surface area contributed by atoms with Crippen molar-refractivity contribution < 1.29 is 0 Å². The van der Waals surface area contributed by atoms with Gasteiger partial charge in [0.05, 0.1) is 11.8 Å². The van der Waals surface area contributed by atoms with E-state index in [1.807, 2.05) is 11.8 Å². The Morgan fingerprint density at radius 3 is 2.80 bits per heavy atom. The van der Waals surface area contributed by atoms with E-state index < -0.39 is 0 Å². The van der Waals surface area contributed by atoms with E-state index in [0.717, 1.165) is 19.6 Å². The van der Waals surface area contributed by atoms with Gasteiger partial charge in [0.1, 0.15) is 0 Å². The maximum atomic E-state index is 4.48. The lowest BCUT2D eigenvalue weighted by Gasteiger charge is -2.11. The molecule has 2 aliphatic rings. The average Bonchev–Trinajstić information content (AvgIpc) is 2.78. The molecule has 2 heterocycles. The lowest BCUT2D eigenvalue weighted by Crippen LogP contribution is -2.21. The van der Waals surface area contributed by atoms with E-state index in [0.29, 0.717) is 5.25 Å². The molecule has 1 aromatic rings. The van der Waals surface area contributed by atoms with Gasteiger partial charge in [-0.15, -0.1) is 12.4 Å². The first-order chi connectivity index (χ1) is 6.93. The van der Waals surface area contributed by atoms with Crippen LogP contribution in [0.4, 0.5) is 0 Å². The molecule has 0 radical (unpaired) electrons. The van der Waals surface area contributed by atoms with E-state index in [1.165, 1.54) is 10.7 Å². The fourth-order valence-corrected chi connectivity index (χ4v) is 3.23. The summed E-state index contributed by atoms with van der Waals surface area (Å²) in [5.74, 6) is 0. The maximum absolute atomic E-state index is 4.48. The van der Waals surface area contributed by atoms with Crippen molar-refractivity contribution in [3.05, 3.63) is 35.9 Å². The van der Waals surface area contributed by atoms with Crippen LogP contribution in [0.25, 0.3) is 0 Å². The van der Waals surface area contributed by atoms with Crippen molar-refractivity contribution in [1.82, 2.24) is 4.90 Å². The minimum atomic E-state index is 0. The van der Waals surface area contributed by atoms with Crippen LogP contribution in [0.1, 0.15) is 10.8 Å². The second-order valence-corrected chi connectivity index (χ2v) is 4.80. The van der Waals surface area contributed by atoms with Gasteiger partial charge in [-0.2, -0.15) is 0 Å². The monoisotopic (exact) mass is 240 g/mol. The first-order valence-electron chi connectivity index (χ1n) is 4.94. The lowest BCUT2D eigenvalue weighted by atomic mass is 10.1. The van der Waals surface area contributed by atoms with Gasteiger partial charge in [-0.05, 0) is 5.56 Å². The number of benzene rings is 1. The standard InChI is InChI=1S/C11H12N2S.ClH/c1-2-4-9(5-3-1)10-8-13-7-6-12-11(13)14-10;/h1-5,10H,6-8H2;1H/t10-;/m1./s1. The van der Waals surface area contributed by atoms with Crippen molar-refractivity contribution in [3.63, 3.8) is 0 Å². The largest absolute Gasteiger partial charge is 0.348 e. The molecule has 3 rings (SSSR count). The number of halogens is 1. The van der Waals surface area contributed by atoms with Crippen LogP contribution in [-0.2, 0) is 0 Å². The topological polar surface area (TPSA) is 15.6 Å². The number of fused-ring (bicyclic) bond motifs is 1. The minimum absolute atomic E-state index is 0. The van der Waals surface area contributed by atoms with Crippen LogP contribution in [0.2, 0.25) is 0 Å². The summed E-state index contributed by atoms with van der Waals surface area (Å²) in [6.45, 7) is 3.24. The first-order valence-corrected chi connectivity index (χ1v) is 5.82. The molecule has 0 saturated carbocycles. The molecule has 0 bridgehead atoms. The quantitative estimate of drug-likeness (QED) is 0.750. The third-order valence-electron chi connectivity index (χ3n) is 2.69. The zero-order chi connectivity index (χ0) is 9.38. The number of aliphatic imine (C=N–C) groups is 1. The molecule has 0 N–H and O–H groups in total. The molecule has 1 atom stereocenters. The molecule has 0 unspecified atom stereocenters. The Hall–Kier alpha value is -0.670. The number of thioether (sulfide) groups is 1. The van der Waals surface area contributed by atoms with E-state index in [2.05, 4.69) is 40.2 Å². The Bertz CT molecular complexity index is 366. The highest BCUT2D eigenvalue weighted by molar-refractivity contribution is 8.14. The van der Waals surface area contributed by atoms with Gasteiger partial charge in [0, 0.05) is 13.1 Å². The fourth-order valence-electron chi connectivity index (χ4n) is 1.95. The van der Waals surface area contributed by atoms with Crippen molar-refractivity contribution in [3.8, 4) is 0 Å². The van der Waals surface area contributed by atoms with Crippen molar-refractivity contribution in [2.45, 2.75) is 5.25 Å². The van der Waals surface area contributed by atoms with Gasteiger partial charge in [0.2, 0.25) is 0 Å². The van der Waals surface area contributed by atoms with Crippen molar-refractivity contribution >= 4 is 29.3 Å². The summed E-state index contributed by atoms with van der Waals surface area (Å²) in [6, 6.07) is 10.7. The third kappa shape index (κ3) is 1.99. The number of rotatable bonds is 1. The van der Waals surface area contributed by atoms with Gasteiger partial charge >= 0.3 is 0 Å². The molecule has 1 saturated heterocycles. The Labute approximate surface area is 100 Å². The second kappa shape index (κ2) is 4.45. The van der Waals surface area contributed by atoms with Crippen LogP contribution in [0, 0.1) is 0 Å². The zero-order valence-corrected chi connectivity index (χ0v) is 9.93. The molecule has 0 amide bonds. The zero-order valence-electron chi connectivity index (χ0n) is 8.30. The van der Waals surface area contributed by atoms with Crippen molar-refractivity contribution in [2.24, 2.45) is 4.99 Å². The summed E-state index contributed by atoms with van der Waals surface area (Å²) < 4.78 is 0. The van der Waals surface area contributed by atoms with E-state index in [-0.39, 0.29) is 12.4 Å². The molecule has 15 heavy (non-hydrogen) atoms. The highest BCUT2D eigenvalue weighted by Crippen LogP contribution is 2.39. The average molecular weight is 241 g/mol. The lowest BCUT2D eigenvalue weighted by molar-refractivity contribution is 0.476. The molecule has 2 aliphatic heterocycles. The number of nitrogens with zero attached hydrogens (tertiary/aromatic N) is 2. The summed E-state index contributed by atoms with van der Waals surface area (Å²) >= 11 is 1.91. The smallest absolute Gasteiger partial charge is 0.160 e. The van der Waals surface area contributed by atoms with E-state index in [9.17, 15) is 0 Å². The molecular weight excluding hydrogens is 228 g/mol. The predicted molar refractivity (Wildman–Crippen MR) is 67.9 cm³/mol. The molecule has 0 aromatic heterocycles. The summed E-state index contributed by atoms with van der Waals surface area (Å²) in [5.41, 5.74) is 1.43. The van der Waals surface area contributed by atoms with Gasteiger partial charge in [-0.25, -0.2) is 0 Å². The van der Waals surface area contributed by atoms with Crippen LogP contribution in [0.3, 0.4) is 0 Å².